The molecular weight excluding hydrogens is 300 g/mol. The molecule has 0 radical (unpaired) electrons. The molecule has 3 fully saturated rings. The molecule has 1 N–H and O–H groups in total. The van der Waals surface area contributed by atoms with Crippen molar-refractivity contribution in [1.82, 2.24) is 19.7 Å². The highest BCUT2D eigenvalue weighted by atomic mass is 16.3. The van der Waals surface area contributed by atoms with Crippen LogP contribution in [0, 0.1) is 17.8 Å². The van der Waals surface area contributed by atoms with Gasteiger partial charge in [-0.3, -0.25) is 9.67 Å². The molecule has 0 amide bonds. The number of nitrogens with zero attached hydrogens (tertiary/aromatic N) is 4. The minimum atomic E-state index is -0.399. The number of aliphatic hydroxyl groups excluding tert-OH is 1. The van der Waals surface area contributed by atoms with Crippen LogP contribution in [0.4, 0.5) is 0 Å². The van der Waals surface area contributed by atoms with Crippen LogP contribution in [-0.4, -0.2) is 44.4 Å². The number of hydrogen-bond donors (Lipinski definition) is 1. The Morgan fingerprint density at radius 1 is 1.17 bits per heavy atom. The van der Waals surface area contributed by atoms with Gasteiger partial charge in [0.25, 0.3) is 0 Å². The van der Waals surface area contributed by atoms with Crippen LogP contribution in [0.1, 0.15) is 50.1 Å². The Morgan fingerprint density at radius 2 is 1.96 bits per heavy atom. The monoisotopic (exact) mass is 326 g/mol. The van der Waals surface area contributed by atoms with Gasteiger partial charge < -0.3 is 10.0 Å². The Balaban J connectivity index is 1.58. The third-order valence-electron chi connectivity index (χ3n) is 6.62. The normalized spacial score (nSPS) is 35.1. The zero-order valence-corrected chi connectivity index (χ0v) is 14.5. The summed E-state index contributed by atoms with van der Waals surface area (Å²) in [5.74, 6) is 1.65. The SMILES string of the molecule is CC(C)n1nc2c3c(cncc31)C(O)[C@@H](C1CN3CCC1CC3)C2. The van der Waals surface area contributed by atoms with Gasteiger partial charge in [-0.05, 0) is 64.0 Å². The van der Waals surface area contributed by atoms with E-state index in [4.69, 9.17) is 5.10 Å². The van der Waals surface area contributed by atoms with Crippen molar-refractivity contribution in [2.24, 2.45) is 17.8 Å². The Bertz CT molecular complexity index is 775. The summed E-state index contributed by atoms with van der Waals surface area (Å²) in [4.78, 5) is 7.00. The zero-order chi connectivity index (χ0) is 16.4. The number of pyridine rings is 1. The third kappa shape index (κ3) is 2.01. The molecule has 0 saturated carbocycles. The molecule has 2 aromatic heterocycles. The van der Waals surface area contributed by atoms with E-state index in [9.17, 15) is 5.11 Å². The first-order valence-electron chi connectivity index (χ1n) is 9.39. The van der Waals surface area contributed by atoms with E-state index in [1.54, 1.807) is 0 Å². The molecule has 0 aromatic carbocycles. The van der Waals surface area contributed by atoms with Gasteiger partial charge >= 0.3 is 0 Å². The summed E-state index contributed by atoms with van der Waals surface area (Å²) in [6, 6.07) is 0.309. The standard InChI is InChI=1S/C19H26N4O/c1-11(2)23-17-9-20-8-14-18(17)16(21-23)7-13(19(14)24)15-10-22-5-3-12(15)4-6-22/h8-9,11-13,15,19,24H,3-7,10H2,1-2H3/t13-,15?,19?/m1/s1. The van der Waals surface area contributed by atoms with Crippen LogP contribution >= 0.6 is 0 Å². The fraction of sp³-hybridized carbons (Fsp3) is 0.684. The van der Waals surface area contributed by atoms with Gasteiger partial charge in [0, 0.05) is 29.7 Å². The van der Waals surface area contributed by atoms with Gasteiger partial charge in [0.2, 0.25) is 0 Å². The molecule has 6 rings (SSSR count). The summed E-state index contributed by atoms with van der Waals surface area (Å²) in [5.41, 5.74) is 3.24. The Labute approximate surface area is 142 Å². The van der Waals surface area contributed by atoms with E-state index < -0.39 is 6.10 Å². The number of rotatable bonds is 2. The number of hydrogen-bond acceptors (Lipinski definition) is 4. The summed E-state index contributed by atoms with van der Waals surface area (Å²) in [5, 5.41) is 17.2. The quantitative estimate of drug-likeness (QED) is 0.921. The number of aromatic nitrogens is 3. The van der Waals surface area contributed by atoms with Crippen LogP contribution in [0.3, 0.4) is 0 Å². The average molecular weight is 326 g/mol. The van der Waals surface area contributed by atoms with Crippen molar-refractivity contribution >= 4 is 10.9 Å². The van der Waals surface area contributed by atoms with E-state index in [2.05, 4.69) is 28.4 Å². The highest BCUT2D eigenvalue weighted by Crippen LogP contribution is 2.47. The van der Waals surface area contributed by atoms with Gasteiger partial charge in [-0.15, -0.1) is 0 Å². The molecule has 2 aromatic rings. The fourth-order valence-electron chi connectivity index (χ4n) is 5.39. The predicted molar refractivity (Wildman–Crippen MR) is 92.7 cm³/mol. The Hall–Kier alpha value is -1.46. The predicted octanol–water partition coefficient (Wildman–Crippen LogP) is 2.56. The van der Waals surface area contributed by atoms with Crippen LogP contribution in [0.2, 0.25) is 0 Å². The summed E-state index contributed by atoms with van der Waals surface area (Å²) in [6.07, 6.45) is 6.87. The van der Waals surface area contributed by atoms with E-state index in [-0.39, 0.29) is 5.92 Å². The van der Waals surface area contributed by atoms with E-state index >= 15 is 0 Å². The first kappa shape index (κ1) is 14.8. The first-order chi connectivity index (χ1) is 11.6. The minimum Gasteiger partial charge on any atom is -0.388 e. The van der Waals surface area contributed by atoms with Gasteiger partial charge in [-0.25, -0.2) is 0 Å². The van der Waals surface area contributed by atoms with Crippen LogP contribution in [0.15, 0.2) is 12.4 Å². The van der Waals surface area contributed by atoms with Crippen molar-refractivity contribution in [2.75, 3.05) is 19.6 Å². The van der Waals surface area contributed by atoms with Crippen molar-refractivity contribution in [3.63, 3.8) is 0 Å². The van der Waals surface area contributed by atoms with E-state index in [0.29, 0.717) is 12.0 Å². The molecule has 3 saturated heterocycles. The molecule has 4 aliphatic rings. The van der Waals surface area contributed by atoms with Crippen molar-refractivity contribution in [3.05, 3.63) is 23.7 Å². The van der Waals surface area contributed by atoms with Crippen molar-refractivity contribution < 1.29 is 5.11 Å². The molecule has 128 valence electrons. The highest BCUT2D eigenvalue weighted by molar-refractivity contribution is 5.86. The maximum atomic E-state index is 11.2. The second kappa shape index (κ2) is 5.27. The second-order valence-corrected chi connectivity index (χ2v) is 8.22. The number of piperidine rings is 3. The summed E-state index contributed by atoms with van der Waals surface area (Å²) >= 11 is 0. The number of aliphatic hydroxyl groups is 1. The topological polar surface area (TPSA) is 54.2 Å². The molecule has 2 unspecified atom stereocenters. The Morgan fingerprint density at radius 3 is 2.62 bits per heavy atom. The fourth-order valence-corrected chi connectivity index (χ4v) is 5.39. The van der Waals surface area contributed by atoms with Crippen LogP contribution < -0.4 is 0 Å². The van der Waals surface area contributed by atoms with Crippen LogP contribution in [0.5, 0.6) is 0 Å². The molecule has 24 heavy (non-hydrogen) atoms. The lowest BCUT2D eigenvalue weighted by molar-refractivity contribution is -0.0285. The van der Waals surface area contributed by atoms with E-state index in [1.807, 2.05) is 12.4 Å². The van der Waals surface area contributed by atoms with Gasteiger partial charge in [-0.1, -0.05) is 0 Å². The lowest BCUT2D eigenvalue weighted by Gasteiger charge is -2.49. The molecular formula is C19H26N4O. The average Bonchev–Trinajstić information content (AvgIpc) is 2.99. The van der Waals surface area contributed by atoms with Gasteiger partial charge in [0.05, 0.1) is 23.5 Å². The molecule has 5 heteroatoms. The molecule has 5 heterocycles. The van der Waals surface area contributed by atoms with Gasteiger partial charge in [-0.2, -0.15) is 5.10 Å². The molecule has 3 aliphatic heterocycles. The lowest BCUT2D eigenvalue weighted by atomic mass is 9.67. The van der Waals surface area contributed by atoms with E-state index in [0.717, 1.165) is 35.3 Å². The van der Waals surface area contributed by atoms with Crippen LogP contribution in [0.25, 0.3) is 10.9 Å². The molecule has 5 nitrogen and oxygen atoms in total. The van der Waals surface area contributed by atoms with Gasteiger partial charge in [0.15, 0.2) is 0 Å². The highest BCUT2D eigenvalue weighted by Gasteiger charge is 2.44. The molecule has 0 spiro atoms. The summed E-state index contributed by atoms with van der Waals surface area (Å²) in [6.45, 7) is 7.95. The summed E-state index contributed by atoms with van der Waals surface area (Å²) < 4.78 is 2.08. The second-order valence-electron chi connectivity index (χ2n) is 8.22. The van der Waals surface area contributed by atoms with E-state index in [1.165, 1.54) is 31.6 Å². The van der Waals surface area contributed by atoms with Gasteiger partial charge in [0.1, 0.15) is 0 Å². The smallest absolute Gasteiger partial charge is 0.0875 e. The zero-order valence-electron chi connectivity index (χ0n) is 14.5. The third-order valence-corrected chi connectivity index (χ3v) is 6.62. The lowest BCUT2D eigenvalue weighted by Crippen LogP contribution is -2.51. The number of fused-ring (bicyclic) bond motifs is 3. The van der Waals surface area contributed by atoms with Crippen LogP contribution in [-0.2, 0) is 6.42 Å². The first-order valence-corrected chi connectivity index (χ1v) is 9.39. The van der Waals surface area contributed by atoms with Crippen molar-refractivity contribution in [1.29, 1.82) is 0 Å². The van der Waals surface area contributed by atoms with Crippen molar-refractivity contribution in [3.8, 4) is 0 Å². The largest absolute Gasteiger partial charge is 0.388 e. The summed E-state index contributed by atoms with van der Waals surface area (Å²) in [7, 11) is 0. The minimum absolute atomic E-state index is 0.286. The maximum absolute atomic E-state index is 11.2. The van der Waals surface area contributed by atoms with Crippen molar-refractivity contribution in [2.45, 2.75) is 45.3 Å². The Kier molecular flexibility index (Phi) is 3.26. The molecule has 2 bridgehead atoms. The maximum Gasteiger partial charge on any atom is 0.0875 e. The molecule has 1 aliphatic carbocycles. The molecule has 3 atom stereocenters.